The maximum atomic E-state index is 12.1. The Bertz CT molecular complexity index is 805. The molecule has 0 saturated carbocycles. The summed E-state index contributed by atoms with van der Waals surface area (Å²) >= 11 is 0. The van der Waals surface area contributed by atoms with Crippen LogP contribution in [-0.4, -0.2) is 38.3 Å². The number of carbonyl (C=O) groups is 1. The lowest BCUT2D eigenvalue weighted by Crippen LogP contribution is -2.14. The molecular formula is C16H17N5O2. The predicted octanol–water partition coefficient (Wildman–Crippen LogP) is 0.874. The Hall–Kier alpha value is -2.80. The van der Waals surface area contributed by atoms with Crippen LogP contribution in [-0.2, 0) is 11.2 Å². The quantitative estimate of drug-likeness (QED) is 0.729. The summed E-state index contributed by atoms with van der Waals surface area (Å²) in [5.74, 6) is -0.277. The van der Waals surface area contributed by atoms with Crippen LogP contribution >= 0.6 is 0 Å². The first kappa shape index (κ1) is 15.1. The molecule has 3 N–H and O–H groups in total. The van der Waals surface area contributed by atoms with Gasteiger partial charge in [-0.15, -0.1) is 0 Å². The van der Waals surface area contributed by atoms with Crippen molar-refractivity contribution in [1.82, 2.24) is 20.4 Å². The van der Waals surface area contributed by atoms with Gasteiger partial charge in [0.25, 0.3) is 5.91 Å². The number of hydrogen-bond donors (Lipinski definition) is 3. The van der Waals surface area contributed by atoms with Crippen LogP contribution in [0.5, 0.6) is 0 Å². The molecule has 0 unspecified atom stereocenters. The third-order valence-corrected chi connectivity index (χ3v) is 3.86. The number of nitrogens with one attached hydrogen (secondary N) is 2. The molecule has 0 aromatic carbocycles. The third-order valence-electron chi connectivity index (χ3n) is 3.86. The number of carbonyl (C=O) groups excluding carboxylic acids is 1. The molecule has 0 bridgehead atoms. The molecule has 0 saturated heterocycles. The van der Waals surface area contributed by atoms with Crippen molar-refractivity contribution in [1.29, 1.82) is 0 Å². The fourth-order valence-corrected chi connectivity index (χ4v) is 2.68. The van der Waals surface area contributed by atoms with Crippen molar-refractivity contribution in [2.45, 2.75) is 20.3 Å². The van der Waals surface area contributed by atoms with Crippen LogP contribution in [0.15, 0.2) is 29.3 Å². The zero-order valence-corrected chi connectivity index (χ0v) is 12.9. The second kappa shape index (κ2) is 6.13. The molecule has 23 heavy (non-hydrogen) atoms. The van der Waals surface area contributed by atoms with Gasteiger partial charge in [-0.3, -0.25) is 14.8 Å². The Kier molecular flexibility index (Phi) is 4.03. The molecule has 7 heteroatoms. The molecule has 1 aliphatic heterocycles. The number of hydrazone groups is 1. The van der Waals surface area contributed by atoms with E-state index in [2.05, 4.69) is 25.5 Å². The Morgan fingerprint density at radius 1 is 1.30 bits per heavy atom. The number of amides is 1. The average Bonchev–Trinajstić information content (AvgIpc) is 3.04. The van der Waals surface area contributed by atoms with E-state index in [1.807, 2.05) is 13.8 Å². The van der Waals surface area contributed by atoms with E-state index in [-0.39, 0.29) is 12.5 Å². The van der Waals surface area contributed by atoms with E-state index in [1.165, 1.54) is 0 Å². The van der Waals surface area contributed by atoms with E-state index in [9.17, 15) is 4.79 Å². The number of H-pyrrole nitrogens is 1. The summed E-state index contributed by atoms with van der Waals surface area (Å²) in [6.07, 6.45) is 7.03. The van der Waals surface area contributed by atoms with Gasteiger partial charge in [-0.1, -0.05) is 0 Å². The molecule has 0 atom stereocenters. The average molecular weight is 311 g/mol. The van der Waals surface area contributed by atoms with E-state index in [1.54, 1.807) is 24.7 Å². The number of nitrogens with zero attached hydrogens (tertiary/aromatic N) is 3. The SMILES string of the molecule is Cc1[nH]c(/C=C2/C(=O)NN=C2c2cnccn2)c(C)c1CCO. The number of aromatic amines is 1. The monoisotopic (exact) mass is 311 g/mol. The van der Waals surface area contributed by atoms with Crippen molar-refractivity contribution in [2.24, 2.45) is 5.10 Å². The minimum Gasteiger partial charge on any atom is -0.396 e. The first-order valence-corrected chi connectivity index (χ1v) is 7.27. The first-order valence-electron chi connectivity index (χ1n) is 7.27. The van der Waals surface area contributed by atoms with Gasteiger partial charge in [0.05, 0.1) is 11.8 Å². The highest BCUT2D eigenvalue weighted by molar-refractivity contribution is 6.32. The van der Waals surface area contributed by atoms with Crippen molar-refractivity contribution < 1.29 is 9.90 Å². The number of rotatable bonds is 4. The minimum atomic E-state index is -0.277. The summed E-state index contributed by atoms with van der Waals surface area (Å²) in [7, 11) is 0. The molecule has 3 heterocycles. The van der Waals surface area contributed by atoms with Crippen LogP contribution in [0.4, 0.5) is 0 Å². The highest BCUT2D eigenvalue weighted by atomic mass is 16.3. The lowest BCUT2D eigenvalue weighted by molar-refractivity contribution is -0.116. The highest BCUT2D eigenvalue weighted by Gasteiger charge is 2.25. The molecule has 0 spiro atoms. The van der Waals surface area contributed by atoms with Crippen LogP contribution < -0.4 is 5.43 Å². The zero-order valence-electron chi connectivity index (χ0n) is 12.9. The predicted molar refractivity (Wildman–Crippen MR) is 85.7 cm³/mol. The molecule has 2 aromatic heterocycles. The summed E-state index contributed by atoms with van der Waals surface area (Å²) in [4.78, 5) is 23.6. The lowest BCUT2D eigenvalue weighted by atomic mass is 10.0. The molecule has 3 rings (SSSR count). The van der Waals surface area contributed by atoms with Crippen molar-refractivity contribution in [3.05, 3.63) is 52.4 Å². The van der Waals surface area contributed by atoms with Gasteiger partial charge in [0.15, 0.2) is 0 Å². The Balaban J connectivity index is 2.03. The van der Waals surface area contributed by atoms with Gasteiger partial charge >= 0.3 is 0 Å². The molecule has 0 aliphatic carbocycles. The lowest BCUT2D eigenvalue weighted by Gasteiger charge is -2.01. The van der Waals surface area contributed by atoms with Gasteiger partial charge < -0.3 is 10.1 Å². The molecule has 7 nitrogen and oxygen atoms in total. The van der Waals surface area contributed by atoms with Gasteiger partial charge in [0.1, 0.15) is 11.4 Å². The van der Waals surface area contributed by atoms with E-state index in [4.69, 9.17) is 5.11 Å². The highest BCUT2D eigenvalue weighted by Crippen LogP contribution is 2.23. The van der Waals surface area contributed by atoms with Crippen molar-refractivity contribution in [3.63, 3.8) is 0 Å². The summed E-state index contributed by atoms with van der Waals surface area (Å²) in [6.45, 7) is 4.00. The zero-order chi connectivity index (χ0) is 16.4. The maximum Gasteiger partial charge on any atom is 0.273 e. The van der Waals surface area contributed by atoms with E-state index in [0.29, 0.717) is 23.4 Å². The number of hydrogen-bond acceptors (Lipinski definition) is 5. The summed E-state index contributed by atoms with van der Waals surface area (Å²) in [5, 5.41) is 13.2. The van der Waals surface area contributed by atoms with Crippen molar-refractivity contribution in [2.75, 3.05) is 6.61 Å². The molecule has 118 valence electrons. The fourth-order valence-electron chi connectivity index (χ4n) is 2.68. The summed E-state index contributed by atoms with van der Waals surface area (Å²) in [6, 6.07) is 0. The number of aliphatic hydroxyl groups excluding tert-OH is 1. The van der Waals surface area contributed by atoms with E-state index >= 15 is 0 Å². The normalized spacial score (nSPS) is 15.9. The topological polar surface area (TPSA) is 103 Å². The Labute approximate surface area is 133 Å². The fraction of sp³-hybridized carbons (Fsp3) is 0.250. The molecular weight excluding hydrogens is 294 g/mol. The summed E-state index contributed by atoms with van der Waals surface area (Å²) < 4.78 is 0. The van der Waals surface area contributed by atoms with Crippen molar-refractivity contribution in [3.8, 4) is 0 Å². The van der Waals surface area contributed by atoms with Crippen LogP contribution in [0.1, 0.15) is 28.2 Å². The largest absolute Gasteiger partial charge is 0.396 e. The standard InChI is InChI=1S/C16H17N5O2/c1-9-11(3-6-22)10(2)19-13(9)7-12-15(20-21-16(12)23)14-8-17-4-5-18-14/h4-5,7-8,19,22H,3,6H2,1-2H3,(H,21,23)/b12-7+. The molecule has 1 amide bonds. The van der Waals surface area contributed by atoms with Crippen LogP contribution in [0.2, 0.25) is 0 Å². The van der Waals surface area contributed by atoms with E-state index in [0.717, 1.165) is 22.5 Å². The first-order chi connectivity index (χ1) is 11.1. The Morgan fingerprint density at radius 2 is 2.13 bits per heavy atom. The van der Waals surface area contributed by atoms with Crippen molar-refractivity contribution >= 4 is 17.7 Å². The molecule has 0 radical (unpaired) electrons. The van der Waals surface area contributed by atoms with Gasteiger partial charge in [0.2, 0.25) is 0 Å². The molecule has 1 aliphatic rings. The Morgan fingerprint density at radius 3 is 2.83 bits per heavy atom. The number of aryl methyl sites for hydroxylation is 1. The maximum absolute atomic E-state index is 12.1. The van der Waals surface area contributed by atoms with Crippen LogP contribution in [0.3, 0.4) is 0 Å². The van der Waals surface area contributed by atoms with Gasteiger partial charge in [-0.25, -0.2) is 5.43 Å². The van der Waals surface area contributed by atoms with Crippen LogP contribution in [0, 0.1) is 13.8 Å². The smallest absolute Gasteiger partial charge is 0.273 e. The van der Waals surface area contributed by atoms with Gasteiger partial charge in [-0.2, -0.15) is 5.10 Å². The minimum absolute atomic E-state index is 0.0857. The second-order valence-corrected chi connectivity index (χ2v) is 5.29. The van der Waals surface area contributed by atoms with E-state index < -0.39 is 0 Å². The van der Waals surface area contributed by atoms with Gasteiger partial charge in [-0.05, 0) is 37.5 Å². The number of aromatic nitrogens is 3. The molecule has 0 fully saturated rings. The molecule has 2 aromatic rings. The van der Waals surface area contributed by atoms with Crippen LogP contribution in [0.25, 0.3) is 6.08 Å². The van der Waals surface area contributed by atoms with Gasteiger partial charge in [0, 0.05) is 30.4 Å². The second-order valence-electron chi connectivity index (χ2n) is 5.29. The summed E-state index contributed by atoms with van der Waals surface area (Å²) in [5.41, 5.74) is 7.80. The third kappa shape index (κ3) is 2.78. The number of aliphatic hydroxyl groups is 1.